The predicted molar refractivity (Wildman–Crippen MR) is 80.9 cm³/mol. The summed E-state index contributed by atoms with van der Waals surface area (Å²) >= 11 is 1.77. The fourth-order valence-electron chi connectivity index (χ4n) is 3.99. The average molecular weight is 283 g/mol. The zero-order valence-electron chi connectivity index (χ0n) is 11.5. The summed E-state index contributed by atoms with van der Waals surface area (Å²) in [7, 11) is 0. The highest BCUT2D eigenvalue weighted by Gasteiger charge is 2.47. The molecule has 3 nitrogen and oxygen atoms in total. The van der Waals surface area contributed by atoms with Gasteiger partial charge in [-0.05, 0) is 44.3 Å². The third-order valence-electron chi connectivity index (χ3n) is 4.93. The lowest BCUT2D eigenvalue weighted by Gasteiger charge is -2.50. The number of piperidine rings is 3. The van der Waals surface area contributed by atoms with Crippen LogP contribution in [0.4, 0.5) is 0 Å². The number of fused-ring (bicyclic) bond motifs is 2. The summed E-state index contributed by atoms with van der Waals surface area (Å²) in [6.45, 7) is 4.32. The lowest BCUT2D eigenvalue weighted by Crippen LogP contribution is -2.58. The summed E-state index contributed by atoms with van der Waals surface area (Å²) < 4.78 is 0. The maximum Gasteiger partial charge on any atom is 0.0973 e. The average Bonchev–Trinajstić information content (AvgIpc) is 3.00. The van der Waals surface area contributed by atoms with Gasteiger partial charge in [-0.1, -0.05) is 6.07 Å². The lowest BCUT2D eigenvalue weighted by atomic mass is 9.72. The molecule has 4 aliphatic rings. The van der Waals surface area contributed by atoms with Gasteiger partial charge in [0.15, 0.2) is 0 Å². The summed E-state index contributed by atoms with van der Waals surface area (Å²) in [6, 6.07) is 7.03. The molecule has 0 aromatic carbocycles. The normalized spacial score (nSPS) is 35.5. The highest BCUT2D eigenvalue weighted by atomic mass is 32.1. The summed E-state index contributed by atoms with van der Waals surface area (Å²) in [5.74, 6) is 0.846. The number of rotatable bonds is 1. The van der Waals surface area contributed by atoms with E-state index in [1.807, 2.05) is 6.92 Å². The zero-order valence-corrected chi connectivity index (χ0v) is 12.4. The van der Waals surface area contributed by atoms with Crippen molar-refractivity contribution in [2.24, 2.45) is 10.9 Å². The van der Waals surface area contributed by atoms with Crippen molar-refractivity contribution in [1.29, 1.82) is 5.26 Å². The van der Waals surface area contributed by atoms with E-state index in [9.17, 15) is 5.26 Å². The molecule has 3 saturated heterocycles. The van der Waals surface area contributed by atoms with Gasteiger partial charge in [-0.15, -0.1) is 11.3 Å². The Kier molecular flexibility index (Phi) is 2.80. The smallest absolute Gasteiger partial charge is 0.0973 e. The fourth-order valence-corrected chi connectivity index (χ4v) is 4.86. The summed E-state index contributed by atoms with van der Waals surface area (Å²) in [5, 5.41) is 11.7. The van der Waals surface area contributed by atoms with Gasteiger partial charge in [0.1, 0.15) is 0 Å². The van der Waals surface area contributed by atoms with Crippen LogP contribution in [-0.4, -0.2) is 29.7 Å². The molecule has 102 valence electrons. The van der Waals surface area contributed by atoms with Crippen molar-refractivity contribution in [1.82, 2.24) is 4.90 Å². The Bertz CT molecular complexity index is 627. The van der Waals surface area contributed by atoms with E-state index in [0.717, 1.165) is 24.4 Å². The van der Waals surface area contributed by atoms with Crippen LogP contribution >= 0.6 is 11.3 Å². The molecule has 20 heavy (non-hydrogen) atoms. The van der Waals surface area contributed by atoms with Crippen LogP contribution in [0.2, 0.25) is 0 Å². The molecule has 5 rings (SSSR count). The van der Waals surface area contributed by atoms with Crippen LogP contribution in [0.5, 0.6) is 0 Å². The molecule has 3 fully saturated rings. The number of nitriles is 1. The van der Waals surface area contributed by atoms with Crippen LogP contribution in [0.3, 0.4) is 0 Å². The number of thiophene rings is 1. The van der Waals surface area contributed by atoms with E-state index in [4.69, 9.17) is 4.99 Å². The van der Waals surface area contributed by atoms with Gasteiger partial charge in [0, 0.05) is 16.5 Å². The molecule has 0 spiro atoms. The third kappa shape index (κ3) is 1.63. The maximum atomic E-state index is 9.60. The first kappa shape index (κ1) is 12.3. The lowest BCUT2D eigenvalue weighted by molar-refractivity contribution is 0.135. The minimum absolute atomic E-state index is 0.204. The van der Waals surface area contributed by atoms with E-state index in [1.165, 1.54) is 23.4 Å². The molecule has 2 unspecified atom stereocenters. The predicted octanol–water partition coefficient (Wildman–Crippen LogP) is 3.18. The second-order valence-corrected chi connectivity index (χ2v) is 6.88. The van der Waals surface area contributed by atoms with E-state index >= 15 is 0 Å². The second kappa shape index (κ2) is 4.54. The van der Waals surface area contributed by atoms with Crippen LogP contribution < -0.4 is 0 Å². The van der Waals surface area contributed by atoms with Crippen molar-refractivity contribution in [2.75, 3.05) is 13.1 Å². The Labute approximate surface area is 123 Å². The molecule has 0 aliphatic carbocycles. The Hall–Kier alpha value is -1.44. The minimum atomic E-state index is 0.204. The van der Waals surface area contributed by atoms with Gasteiger partial charge in [-0.3, -0.25) is 9.89 Å². The summed E-state index contributed by atoms with van der Waals surface area (Å²) in [6.07, 6.45) is 2.48. The molecule has 0 saturated carbocycles. The number of nitrogens with zero attached hydrogens (tertiary/aromatic N) is 3. The molecule has 0 radical (unpaired) electrons. The van der Waals surface area contributed by atoms with Crippen molar-refractivity contribution >= 4 is 17.0 Å². The molecule has 2 bridgehead atoms. The van der Waals surface area contributed by atoms with Gasteiger partial charge in [-0.2, -0.15) is 5.26 Å². The van der Waals surface area contributed by atoms with Gasteiger partial charge in [0.2, 0.25) is 0 Å². The molecule has 0 N–H and O–H groups in total. The maximum absolute atomic E-state index is 9.60. The summed E-state index contributed by atoms with van der Waals surface area (Å²) in [5.41, 5.74) is 3.15. The van der Waals surface area contributed by atoms with Gasteiger partial charge >= 0.3 is 0 Å². The Balaban J connectivity index is 1.88. The van der Waals surface area contributed by atoms with E-state index in [1.54, 1.807) is 11.3 Å². The zero-order chi connectivity index (χ0) is 13.7. The number of aliphatic imine (C=N–C) groups is 1. The van der Waals surface area contributed by atoms with E-state index in [-0.39, 0.29) is 5.92 Å². The fraction of sp³-hybridized carbons (Fsp3) is 0.500. The van der Waals surface area contributed by atoms with Crippen molar-refractivity contribution in [3.8, 4) is 6.07 Å². The standard InChI is InChI=1S/C16H17N3S/c1-10-12(9-17)14(13-3-2-8-20-13)16-15(18-10)11-4-6-19(16)7-5-11/h2-3,8,11,14,16H,4-7H2,1H3. The third-order valence-corrected chi connectivity index (χ3v) is 5.88. The van der Waals surface area contributed by atoms with Crippen molar-refractivity contribution < 1.29 is 0 Å². The number of hydrogen-bond acceptors (Lipinski definition) is 4. The second-order valence-electron chi connectivity index (χ2n) is 5.90. The highest BCUT2D eigenvalue weighted by Crippen LogP contribution is 2.45. The molecule has 4 aliphatic heterocycles. The van der Waals surface area contributed by atoms with Crippen LogP contribution in [0, 0.1) is 17.2 Å². The quantitative estimate of drug-likeness (QED) is 0.794. The molecule has 4 heteroatoms. The SMILES string of the molecule is CC1=C(C#N)C(c2cccs2)C2C(=N1)C1CCN2CC1. The summed E-state index contributed by atoms with van der Waals surface area (Å²) in [4.78, 5) is 8.70. The van der Waals surface area contributed by atoms with Crippen LogP contribution in [0.15, 0.2) is 33.8 Å². The molecule has 1 aromatic rings. The van der Waals surface area contributed by atoms with Crippen molar-refractivity contribution in [3.63, 3.8) is 0 Å². The van der Waals surface area contributed by atoms with Gasteiger partial charge in [-0.25, -0.2) is 0 Å². The molecule has 2 atom stereocenters. The molecule has 5 heterocycles. The van der Waals surface area contributed by atoms with Gasteiger partial charge < -0.3 is 0 Å². The largest absolute Gasteiger partial charge is 0.294 e. The van der Waals surface area contributed by atoms with Crippen LogP contribution in [0.1, 0.15) is 30.6 Å². The minimum Gasteiger partial charge on any atom is -0.294 e. The first-order valence-corrected chi connectivity index (χ1v) is 8.14. The van der Waals surface area contributed by atoms with E-state index in [0.29, 0.717) is 12.0 Å². The molecular weight excluding hydrogens is 266 g/mol. The first-order chi connectivity index (χ1) is 9.79. The number of hydrogen-bond donors (Lipinski definition) is 0. The monoisotopic (exact) mass is 283 g/mol. The molecule has 1 aromatic heterocycles. The van der Waals surface area contributed by atoms with Crippen molar-refractivity contribution in [2.45, 2.75) is 31.7 Å². The molecule has 0 amide bonds. The Morgan fingerprint density at radius 3 is 2.85 bits per heavy atom. The van der Waals surface area contributed by atoms with Crippen LogP contribution in [0.25, 0.3) is 0 Å². The van der Waals surface area contributed by atoms with Crippen molar-refractivity contribution in [3.05, 3.63) is 33.7 Å². The number of allylic oxidation sites excluding steroid dienone is 1. The molecular formula is C16H17N3S. The topological polar surface area (TPSA) is 39.4 Å². The Morgan fingerprint density at radius 1 is 1.40 bits per heavy atom. The van der Waals surface area contributed by atoms with E-state index in [2.05, 4.69) is 28.5 Å². The Morgan fingerprint density at radius 2 is 2.20 bits per heavy atom. The van der Waals surface area contributed by atoms with Gasteiger partial charge in [0.05, 0.1) is 29.3 Å². The van der Waals surface area contributed by atoms with Gasteiger partial charge in [0.25, 0.3) is 0 Å². The first-order valence-electron chi connectivity index (χ1n) is 7.26. The van der Waals surface area contributed by atoms with Crippen LogP contribution in [-0.2, 0) is 0 Å². The van der Waals surface area contributed by atoms with E-state index < -0.39 is 0 Å². The highest BCUT2D eigenvalue weighted by molar-refractivity contribution is 7.10.